The number of Topliss-reactive ketones (excluding diaryl/α,β-unsaturated/α-hetero) is 3. The topological polar surface area (TPSA) is 205 Å². The molecule has 2 saturated heterocycles. The summed E-state index contributed by atoms with van der Waals surface area (Å²) in [4.78, 5) is 72.2. The Hall–Kier alpha value is -3.41. The van der Waals surface area contributed by atoms with Gasteiger partial charge in [-0.15, -0.1) is 0 Å². The molecule has 15 heteroatoms. The van der Waals surface area contributed by atoms with Crippen molar-refractivity contribution in [1.29, 1.82) is 0 Å². The van der Waals surface area contributed by atoms with Gasteiger partial charge in [0.1, 0.15) is 30.1 Å². The Kier molecular flexibility index (Phi) is 22.9. The minimum Gasteiger partial charge on any atom is -0.460 e. The molecule has 0 radical (unpaired) electrons. The number of ketones is 3. The van der Waals surface area contributed by atoms with Gasteiger partial charge in [0.15, 0.2) is 5.78 Å². The van der Waals surface area contributed by atoms with E-state index in [1.54, 1.807) is 41.1 Å². The number of aliphatic hydroxyl groups excluding tert-OH is 2. The number of hydrogen-bond acceptors (Lipinski definition) is 14. The third-order valence-electron chi connectivity index (χ3n) is 14.8. The molecule has 4 rings (SSSR count). The van der Waals surface area contributed by atoms with Crippen LogP contribution in [-0.4, -0.2) is 145 Å². The molecule has 0 spiro atoms. The van der Waals surface area contributed by atoms with Gasteiger partial charge in [-0.2, -0.15) is 0 Å². The van der Waals surface area contributed by atoms with Crippen LogP contribution >= 0.6 is 0 Å². The van der Waals surface area contributed by atoms with E-state index in [2.05, 4.69) is 0 Å². The second-order valence-corrected chi connectivity index (χ2v) is 20.2. The molecule has 1 unspecified atom stereocenters. The summed E-state index contributed by atoms with van der Waals surface area (Å²) in [6, 6.07) is -1.15. The minimum absolute atomic E-state index is 0.00394. The maximum atomic E-state index is 14.4. The Bertz CT molecular complexity index is 1810. The zero-order valence-electron chi connectivity index (χ0n) is 42.4. The van der Waals surface area contributed by atoms with E-state index in [4.69, 9.17) is 28.4 Å². The number of allylic oxidation sites excluding steroid dienone is 6. The first-order chi connectivity index (χ1) is 32.2. The van der Waals surface area contributed by atoms with Crippen LogP contribution in [0.1, 0.15) is 126 Å². The average molecular weight is 958 g/mol. The van der Waals surface area contributed by atoms with Gasteiger partial charge in [-0.1, -0.05) is 71.1 Å². The Morgan fingerprint density at radius 3 is 2.28 bits per heavy atom. The van der Waals surface area contributed by atoms with Gasteiger partial charge < -0.3 is 48.6 Å². The molecule has 15 atom stereocenters. The molecule has 384 valence electrons. The molecule has 15 nitrogen and oxygen atoms in total. The molecule has 3 aliphatic heterocycles. The van der Waals surface area contributed by atoms with Gasteiger partial charge >= 0.3 is 5.97 Å². The van der Waals surface area contributed by atoms with Gasteiger partial charge in [0.05, 0.1) is 37.6 Å². The molecule has 1 aliphatic carbocycles. The first kappa shape index (κ1) is 57.2. The van der Waals surface area contributed by atoms with Crippen molar-refractivity contribution in [2.75, 3.05) is 41.1 Å². The Morgan fingerprint density at radius 1 is 0.853 bits per heavy atom. The summed E-state index contributed by atoms with van der Waals surface area (Å²) in [5, 5.41) is 34.0. The van der Waals surface area contributed by atoms with E-state index in [0.717, 1.165) is 12.0 Å². The number of fused-ring (bicyclic) bond motifs is 3. The fourth-order valence-electron chi connectivity index (χ4n) is 10.3. The fraction of sp³-hybridized carbons (Fsp3) is 0.755. The number of esters is 1. The van der Waals surface area contributed by atoms with E-state index < -0.39 is 83.9 Å². The van der Waals surface area contributed by atoms with E-state index in [9.17, 15) is 39.3 Å². The number of cyclic esters (lactones) is 1. The van der Waals surface area contributed by atoms with Crippen molar-refractivity contribution in [3.63, 3.8) is 0 Å². The number of ether oxygens (including phenoxy) is 6. The van der Waals surface area contributed by atoms with Gasteiger partial charge in [0.25, 0.3) is 11.7 Å². The van der Waals surface area contributed by atoms with Crippen molar-refractivity contribution in [3.05, 3.63) is 47.6 Å². The van der Waals surface area contributed by atoms with Gasteiger partial charge in [-0.25, -0.2) is 4.79 Å². The highest BCUT2D eigenvalue weighted by atomic mass is 16.6. The molecule has 3 fully saturated rings. The zero-order valence-corrected chi connectivity index (χ0v) is 42.4. The summed E-state index contributed by atoms with van der Waals surface area (Å²) in [6.07, 6.45) is 10.9. The first-order valence-corrected chi connectivity index (χ1v) is 25.0. The standard InChI is InChI=1S/C53H83NO14/c1-32-16-12-11-13-17-33(2)44(66-25-24-63-8)30-40-21-19-38(7)53(62,68-40)50(59)51(60)54-23-15-14-18-41(54)52(61)67-45(35(4)28-39-20-22-42(55)46(29-39)64-9)31-43(56)34(3)27-37(6)48(58)49(65-10)47(57)36(5)26-32/h11-13,16-17,27,32,34-36,38-42,44-46,48-49,55,58,62H,14-15,18-26,28-31H2,1-10H3/b13-11?,16-12+,33-17?,37-27+/t32-,34-,35-,36-,38-,39+,40+,41?,42-,44+,45+,46-,48-,49+,53-/m1/s1. The second kappa shape index (κ2) is 27.3. The summed E-state index contributed by atoms with van der Waals surface area (Å²) in [6.45, 7) is 13.4. The number of carbonyl (C=O) groups is 5. The fourth-order valence-corrected chi connectivity index (χ4v) is 10.3. The van der Waals surface area contributed by atoms with Gasteiger partial charge in [0.2, 0.25) is 5.79 Å². The molecule has 2 bridgehead atoms. The number of amides is 1. The van der Waals surface area contributed by atoms with E-state index in [-0.39, 0.29) is 67.8 Å². The number of aliphatic hydroxyl groups is 3. The van der Waals surface area contributed by atoms with Crippen LogP contribution in [0.15, 0.2) is 47.6 Å². The quantitative estimate of drug-likeness (QED) is 0.102. The highest BCUT2D eigenvalue weighted by Crippen LogP contribution is 2.38. The normalized spacial score (nSPS) is 37.9. The number of nitrogens with zero attached hydrogens (tertiary/aromatic N) is 1. The summed E-state index contributed by atoms with van der Waals surface area (Å²) >= 11 is 0. The molecular weight excluding hydrogens is 875 g/mol. The third kappa shape index (κ3) is 15.5. The van der Waals surface area contributed by atoms with Crippen molar-refractivity contribution in [1.82, 2.24) is 4.90 Å². The molecule has 4 aliphatic rings. The lowest BCUT2D eigenvalue weighted by molar-refractivity contribution is -0.266. The lowest BCUT2D eigenvalue weighted by Gasteiger charge is -2.43. The SMILES string of the molecule is COCCO[C@H]1C[C@@H]2CC[C@@H](C)[C@@](O)(O2)C(=O)C(=O)N2CCCCC2C(=O)O[C@H]([C@H](C)C[C@@H]2CC[C@@H](O)[C@H](OC)C2)CC(=O)[C@H](C)/C=C(\C)[C@@H](O)[C@@H](OC)C(=O)[C@H](C)C[C@H](C)/C=C/C=CC=C1C. The summed E-state index contributed by atoms with van der Waals surface area (Å²) < 4.78 is 35.1. The van der Waals surface area contributed by atoms with Crippen LogP contribution in [0.5, 0.6) is 0 Å². The molecule has 0 aromatic carbocycles. The smallest absolute Gasteiger partial charge is 0.329 e. The lowest BCUT2D eigenvalue weighted by Crippen LogP contribution is -2.61. The predicted molar refractivity (Wildman–Crippen MR) is 256 cm³/mol. The van der Waals surface area contributed by atoms with Crippen LogP contribution in [0.3, 0.4) is 0 Å². The molecule has 0 aromatic rings. The summed E-state index contributed by atoms with van der Waals surface area (Å²) in [7, 11) is 4.52. The van der Waals surface area contributed by atoms with Crippen LogP contribution in [0.2, 0.25) is 0 Å². The van der Waals surface area contributed by atoms with Crippen molar-refractivity contribution in [3.8, 4) is 0 Å². The molecule has 1 amide bonds. The van der Waals surface area contributed by atoms with Crippen molar-refractivity contribution in [2.45, 2.75) is 180 Å². The third-order valence-corrected chi connectivity index (χ3v) is 14.8. The average Bonchev–Trinajstić information content (AvgIpc) is 3.31. The van der Waals surface area contributed by atoms with Crippen LogP contribution in [-0.2, 0) is 52.4 Å². The second-order valence-electron chi connectivity index (χ2n) is 20.2. The molecule has 1 saturated carbocycles. The monoisotopic (exact) mass is 958 g/mol. The summed E-state index contributed by atoms with van der Waals surface area (Å²) in [5.74, 6) is -8.09. The number of rotatable bonds is 9. The predicted octanol–water partition coefficient (Wildman–Crippen LogP) is 6.20. The Labute approximate surface area is 405 Å². The first-order valence-electron chi connectivity index (χ1n) is 25.0. The number of methoxy groups -OCH3 is 3. The molecule has 3 heterocycles. The number of hydrogen-bond donors (Lipinski definition) is 3. The van der Waals surface area contributed by atoms with Crippen LogP contribution < -0.4 is 0 Å². The Morgan fingerprint density at radius 2 is 1.59 bits per heavy atom. The van der Waals surface area contributed by atoms with Crippen LogP contribution in [0, 0.1) is 35.5 Å². The van der Waals surface area contributed by atoms with Gasteiger partial charge in [0, 0.05) is 58.5 Å². The molecule has 68 heavy (non-hydrogen) atoms. The lowest BCUT2D eigenvalue weighted by atomic mass is 9.78. The van der Waals surface area contributed by atoms with Gasteiger partial charge in [-0.05, 0) is 107 Å². The number of piperidine rings is 1. The van der Waals surface area contributed by atoms with E-state index in [1.807, 2.05) is 58.1 Å². The minimum atomic E-state index is -2.46. The molecule has 3 N–H and O–H groups in total. The molecular formula is C53H83NO14. The number of carbonyl (C=O) groups excluding carboxylic acids is 5. The maximum Gasteiger partial charge on any atom is 0.329 e. The van der Waals surface area contributed by atoms with E-state index >= 15 is 0 Å². The van der Waals surface area contributed by atoms with Gasteiger partial charge in [-0.3, -0.25) is 19.2 Å². The van der Waals surface area contributed by atoms with E-state index in [1.165, 1.54) is 12.0 Å². The maximum absolute atomic E-state index is 14.4. The molecule has 0 aromatic heterocycles. The van der Waals surface area contributed by atoms with Crippen molar-refractivity contribution < 1.29 is 67.7 Å². The highest BCUT2D eigenvalue weighted by Gasteiger charge is 2.53. The van der Waals surface area contributed by atoms with Crippen molar-refractivity contribution >= 4 is 29.2 Å². The largest absolute Gasteiger partial charge is 0.460 e. The van der Waals surface area contributed by atoms with Crippen LogP contribution in [0.4, 0.5) is 0 Å². The Balaban J connectivity index is 1.72. The zero-order chi connectivity index (χ0) is 50.3. The van der Waals surface area contributed by atoms with Crippen molar-refractivity contribution in [2.24, 2.45) is 35.5 Å². The van der Waals surface area contributed by atoms with Crippen LogP contribution in [0.25, 0.3) is 0 Å². The van der Waals surface area contributed by atoms with E-state index in [0.29, 0.717) is 63.5 Å². The highest BCUT2D eigenvalue weighted by molar-refractivity contribution is 6.39. The summed E-state index contributed by atoms with van der Waals surface area (Å²) in [5.41, 5.74) is 1.24.